The molecule has 0 radical (unpaired) electrons. The number of piperazine rings is 1. The molecule has 88 valence electrons. The van der Waals surface area contributed by atoms with Crippen molar-refractivity contribution >= 4 is 33.0 Å². The molecule has 0 amide bonds. The second-order valence-corrected chi connectivity index (χ2v) is 5.78. The van der Waals surface area contributed by atoms with E-state index in [-0.39, 0.29) is 11.8 Å². The number of nitrogens with one attached hydrogen (secondary N) is 1. The summed E-state index contributed by atoms with van der Waals surface area (Å²) in [6.07, 6.45) is 0. The van der Waals surface area contributed by atoms with Crippen LogP contribution in [0.4, 0.5) is 0 Å². The normalized spacial score (nSPS) is 19.6. The highest BCUT2D eigenvalue weighted by molar-refractivity contribution is 9.10. The van der Waals surface area contributed by atoms with Crippen LogP contribution in [0.2, 0.25) is 0 Å². The summed E-state index contributed by atoms with van der Waals surface area (Å²) >= 11 is 4.89. The largest absolute Gasteiger partial charge is 0.314 e. The molecule has 2 rings (SSSR count). The fraction of sp³-hybridized carbons (Fsp3) is 0.545. The predicted octanol–water partition coefficient (Wildman–Crippen LogP) is 1.99. The molecule has 0 aliphatic carbocycles. The predicted molar refractivity (Wildman–Crippen MR) is 70.3 cm³/mol. The zero-order valence-corrected chi connectivity index (χ0v) is 11.6. The number of nitrogens with zero attached hydrogens (tertiary/aromatic N) is 1. The van der Waals surface area contributed by atoms with Crippen molar-refractivity contribution in [2.45, 2.75) is 13.0 Å². The number of hydrogen-bond acceptors (Lipinski definition) is 4. The molecule has 1 N–H and O–H groups in total. The first-order valence-electron chi connectivity index (χ1n) is 5.41. The number of Topliss-reactive ketones (excluding diaryl/α,β-unsaturated/α-hetero) is 1. The van der Waals surface area contributed by atoms with Gasteiger partial charge in [0, 0.05) is 36.0 Å². The lowest BCUT2D eigenvalue weighted by atomic mass is 10.1. The van der Waals surface area contributed by atoms with Crippen LogP contribution in [0.3, 0.4) is 0 Å². The van der Waals surface area contributed by atoms with E-state index in [1.54, 1.807) is 0 Å². The van der Waals surface area contributed by atoms with E-state index in [2.05, 4.69) is 26.1 Å². The molecule has 0 aromatic carbocycles. The zero-order chi connectivity index (χ0) is 11.5. The number of carbonyl (C=O) groups excluding carboxylic acids is 1. The Kier molecular flexibility index (Phi) is 4.13. The first-order valence-corrected chi connectivity index (χ1v) is 7.09. The maximum absolute atomic E-state index is 12.2. The minimum Gasteiger partial charge on any atom is -0.314 e. The number of carbonyl (C=O) groups is 1. The van der Waals surface area contributed by atoms with Crippen LogP contribution in [0.1, 0.15) is 16.6 Å². The Morgan fingerprint density at radius 3 is 2.81 bits per heavy atom. The van der Waals surface area contributed by atoms with Gasteiger partial charge in [-0.25, -0.2) is 0 Å². The van der Waals surface area contributed by atoms with Crippen LogP contribution in [0.15, 0.2) is 15.9 Å². The van der Waals surface area contributed by atoms with Gasteiger partial charge in [0.1, 0.15) is 0 Å². The van der Waals surface area contributed by atoms with Gasteiger partial charge in [-0.15, -0.1) is 11.3 Å². The summed E-state index contributed by atoms with van der Waals surface area (Å²) in [5.74, 6) is 0.234. The lowest BCUT2D eigenvalue weighted by Crippen LogP contribution is -2.49. The Morgan fingerprint density at radius 1 is 1.56 bits per heavy atom. The molecule has 1 aliphatic rings. The Labute approximate surface area is 108 Å². The van der Waals surface area contributed by atoms with E-state index in [4.69, 9.17) is 0 Å². The van der Waals surface area contributed by atoms with Gasteiger partial charge in [0.2, 0.25) is 0 Å². The molecule has 16 heavy (non-hydrogen) atoms. The van der Waals surface area contributed by atoms with Crippen molar-refractivity contribution in [3.63, 3.8) is 0 Å². The van der Waals surface area contributed by atoms with Crippen LogP contribution in [-0.2, 0) is 0 Å². The summed E-state index contributed by atoms with van der Waals surface area (Å²) in [4.78, 5) is 15.3. The van der Waals surface area contributed by atoms with Gasteiger partial charge in [-0.05, 0) is 28.9 Å². The third kappa shape index (κ3) is 2.71. The van der Waals surface area contributed by atoms with Crippen LogP contribution >= 0.6 is 27.3 Å². The molecule has 0 bridgehead atoms. The van der Waals surface area contributed by atoms with Crippen molar-refractivity contribution in [2.75, 3.05) is 26.2 Å². The first kappa shape index (κ1) is 12.2. The Morgan fingerprint density at radius 2 is 2.25 bits per heavy atom. The van der Waals surface area contributed by atoms with Gasteiger partial charge >= 0.3 is 0 Å². The molecular formula is C11H15BrN2OS. The molecule has 0 saturated carbocycles. The van der Waals surface area contributed by atoms with Crippen LogP contribution < -0.4 is 5.32 Å². The fourth-order valence-electron chi connectivity index (χ4n) is 1.88. The highest BCUT2D eigenvalue weighted by Crippen LogP contribution is 2.22. The standard InChI is InChI=1S/C11H15BrN2OS/c1-8(14-4-2-13-3-5-14)11(15)10-6-9(12)7-16-10/h6-8,13H,2-5H2,1H3. The molecule has 3 nitrogen and oxygen atoms in total. The molecule has 5 heteroatoms. The summed E-state index contributed by atoms with van der Waals surface area (Å²) in [6.45, 7) is 5.87. The molecule has 1 aliphatic heterocycles. The topological polar surface area (TPSA) is 32.3 Å². The quantitative estimate of drug-likeness (QED) is 0.867. The van der Waals surface area contributed by atoms with Gasteiger partial charge in [-0.2, -0.15) is 0 Å². The maximum Gasteiger partial charge on any atom is 0.189 e. The minimum absolute atomic E-state index is 0.00681. The van der Waals surface area contributed by atoms with Gasteiger partial charge < -0.3 is 5.32 Å². The third-order valence-corrected chi connectivity index (χ3v) is 4.59. The summed E-state index contributed by atoms with van der Waals surface area (Å²) in [6, 6.07) is 1.90. The summed E-state index contributed by atoms with van der Waals surface area (Å²) < 4.78 is 0.994. The molecule has 0 spiro atoms. The molecule has 1 fully saturated rings. The Balaban J connectivity index is 2.03. The van der Waals surface area contributed by atoms with E-state index in [9.17, 15) is 4.79 Å². The molecule has 1 unspecified atom stereocenters. The lowest BCUT2D eigenvalue weighted by molar-refractivity contribution is 0.0824. The van der Waals surface area contributed by atoms with E-state index in [0.29, 0.717) is 0 Å². The summed E-state index contributed by atoms with van der Waals surface area (Å²) in [7, 11) is 0. The molecule has 1 aromatic rings. The molecular weight excluding hydrogens is 288 g/mol. The summed E-state index contributed by atoms with van der Waals surface area (Å²) in [5, 5.41) is 5.25. The first-order chi connectivity index (χ1) is 7.68. The van der Waals surface area contributed by atoms with Crippen molar-refractivity contribution in [1.29, 1.82) is 0 Å². The van der Waals surface area contributed by atoms with Crippen molar-refractivity contribution in [1.82, 2.24) is 10.2 Å². The molecule has 1 atom stereocenters. The SMILES string of the molecule is CC(C(=O)c1cc(Br)cs1)N1CCNCC1. The fourth-order valence-corrected chi connectivity index (χ4v) is 3.33. The highest BCUT2D eigenvalue weighted by atomic mass is 79.9. The van der Waals surface area contributed by atoms with Crippen molar-refractivity contribution < 1.29 is 4.79 Å². The van der Waals surface area contributed by atoms with Crippen LogP contribution in [0, 0.1) is 0 Å². The van der Waals surface area contributed by atoms with Gasteiger partial charge in [-0.3, -0.25) is 9.69 Å². The Bertz CT molecular complexity index is 374. The average molecular weight is 303 g/mol. The Hall–Kier alpha value is -0.230. The van der Waals surface area contributed by atoms with Crippen molar-refractivity contribution in [2.24, 2.45) is 0 Å². The van der Waals surface area contributed by atoms with E-state index >= 15 is 0 Å². The monoisotopic (exact) mass is 302 g/mol. The average Bonchev–Trinajstić information content (AvgIpc) is 2.75. The maximum atomic E-state index is 12.2. The molecule has 2 heterocycles. The van der Waals surface area contributed by atoms with Crippen LogP contribution in [0.5, 0.6) is 0 Å². The third-order valence-electron chi connectivity index (χ3n) is 2.89. The number of thiophene rings is 1. The van der Waals surface area contributed by atoms with E-state index in [1.807, 2.05) is 18.4 Å². The highest BCUT2D eigenvalue weighted by Gasteiger charge is 2.24. The minimum atomic E-state index is -0.00681. The van der Waals surface area contributed by atoms with Crippen LogP contribution in [0.25, 0.3) is 0 Å². The molecule has 1 saturated heterocycles. The molecule has 1 aromatic heterocycles. The lowest BCUT2D eigenvalue weighted by Gasteiger charge is -2.31. The summed E-state index contributed by atoms with van der Waals surface area (Å²) in [5.41, 5.74) is 0. The number of ketones is 1. The van der Waals surface area contributed by atoms with Gasteiger partial charge in [0.05, 0.1) is 10.9 Å². The van der Waals surface area contributed by atoms with Gasteiger partial charge in [0.15, 0.2) is 5.78 Å². The van der Waals surface area contributed by atoms with Gasteiger partial charge in [0.25, 0.3) is 0 Å². The van der Waals surface area contributed by atoms with Crippen molar-refractivity contribution in [3.8, 4) is 0 Å². The van der Waals surface area contributed by atoms with Gasteiger partial charge in [-0.1, -0.05) is 0 Å². The number of hydrogen-bond donors (Lipinski definition) is 1. The number of rotatable bonds is 3. The number of halogens is 1. The van der Waals surface area contributed by atoms with E-state index in [0.717, 1.165) is 35.5 Å². The van der Waals surface area contributed by atoms with Crippen LogP contribution in [-0.4, -0.2) is 42.9 Å². The van der Waals surface area contributed by atoms with E-state index < -0.39 is 0 Å². The zero-order valence-electron chi connectivity index (χ0n) is 9.20. The van der Waals surface area contributed by atoms with Crippen molar-refractivity contribution in [3.05, 3.63) is 20.8 Å². The second kappa shape index (κ2) is 5.40. The van der Waals surface area contributed by atoms with E-state index in [1.165, 1.54) is 11.3 Å². The smallest absolute Gasteiger partial charge is 0.189 e. The second-order valence-electron chi connectivity index (χ2n) is 3.96.